The quantitative estimate of drug-likeness (QED) is 0.672. The van der Waals surface area contributed by atoms with Crippen molar-refractivity contribution in [3.63, 3.8) is 0 Å². The van der Waals surface area contributed by atoms with Gasteiger partial charge in [0.25, 0.3) is 0 Å². The molecule has 0 saturated heterocycles. The monoisotopic (exact) mass is 212 g/mol. The van der Waals surface area contributed by atoms with Crippen molar-refractivity contribution in [1.82, 2.24) is 0 Å². The third-order valence-corrected chi connectivity index (χ3v) is 7.77. The molecule has 0 radical (unpaired) electrons. The summed E-state index contributed by atoms with van der Waals surface area (Å²) in [7, 11) is -1.87. The van der Waals surface area contributed by atoms with Crippen molar-refractivity contribution >= 4 is 14.1 Å². The number of hydrogen-bond acceptors (Lipinski definition) is 2. The average molecular weight is 212 g/mol. The molecule has 1 unspecified atom stereocenters. The van der Waals surface area contributed by atoms with Crippen LogP contribution < -0.4 is 0 Å². The molecule has 1 rings (SSSR count). The zero-order valence-corrected chi connectivity index (χ0v) is 10.6. The maximum atomic E-state index is 11.5. The SMILES string of the molecule is CC[Si]1(CC)OC(C)CC=C1C(C)=O. The standard InChI is InChI=1S/C11H20O2Si/c1-5-14(6-2)11(10(4)12)8-7-9(3)13-14/h8-9H,5-7H2,1-4H3. The smallest absolute Gasteiger partial charge is 0.227 e. The molecule has 2 nitrogen and oxygen atoms in total. The van der Waals surface area contributed by atoms with Gasteiger partial charge in [0.2, 0.25) is 8.32 Å². The van der Waals surface area contributed by atoms with E-state index in [1.165, 1.54) is 0 Å². The van der Waals surface area contributed by atoms with Gasteiger partial charge >= 0.3 is 0 Å². The lowest BCUT2D eigenvalue weighted by atomic mass is 10.2. The van der Waals surface area contributed by atoms with Crippen molar-refractivity contribution in [3.8, 4) is 0 Å². The number of rotatable bonds is 3. The molecule has 0 spiro atoms. The van der Waals surface area contributed by atoms with Crippen molar-refractivity contribution in [2.45, 2.75) is 52.3 Å². The third kappa shape index (κ3) is 1.98. The fourth-order valence-electron chi connectivity index (χ4n) is 2.23. The van der Waals surface area contributed by atoms with E-state index < -0.39 is 8.32 Å². The summed E-state index contributed by atoms with van der Waals surface area (Å²) < 4.78 is 6.10. The van der Waals surface area contributed by atoms with Gasteiger partial charge in [-0.05, 0) is 32.4 Å². The zero-order valence-electron chi connectivity index (χ0n) is 9.59. The molecule has 0 aromatic carbocycles. The minimum atomic E-state index is -1.87. The Balaban J connectivity index is 3.04. The molecule has 1 aliphatic heterocycles. The van der Waals surface area contributed by atoms with Crippen LogP contribution in [0.1, 0.15) is 34.1 Å². The maximum absolute atomic E-state index is 11.5. The summed E-state index contributed by atoms with van der Waals surface area (Å²) in [6.45, 7) is 8.05. The van der Waals surface area contributed by atoms with Crippen LogP contribution in [0.3, 0.4) is 0 Å². The molecule has 0 N–H and O–H groups in total. The van der Waals surface area contributed by atoms with Gasteiger partial charge in [0, 0.05) is 11.3 Å². The van der Waals surface area contributed by atoms with Crippen LogP contribution in [0.2, 0.25) is 12.1 Å². The molecular formula is C11H20O2Si. The van der Waals surface area contributed by atoms with E-state index in [1.807, 2.05) is 0 Å². The summed E-state index contributed by atoms with van der Waals surface area (Å²) in [5, 5.41) is 1.01. The van der Waals surface area contributed by atoms with Gasteiger partial charge in [0.05, 0.1) is 0 Å². The Labute approximate surface area is 87.5 Å². The van der Waals surface area contributed by atoms with Crippen LogP contribution in [0, 0.1) is 0 Å². The lowest BCUT2D eigenvalue weighted by Crippen LogP contribution is -2.47. The van der Waals surface area contributed by atoms with E-state index in [0.717, 1.165) is 23.7 Å². The molecule has 0 bridgehead atoms. The van der Waals surface area contributed by atoms with Crippen LogP contribution in [-0.4, -0.2) is 20.2 Å². The van der Waals surface area contributed by atoms with Crippen molar-refractivity contribution in [2.75, 3.05) is 0 Å². The third-order valence-electron chi connectivity index (χ3n) is 3.09. The second-order valence-electron chi connectivity index (χ2n) is 4.04. The molecule has 3 heteroatoms. The Morgan fingerprint density at radius 2 is 2.14 bits per heavy atom. The lowest BCUT2D eigenvalue weighted by Gasteiger charge is -2.37. The summed E-state index contributed by atoms with van der Waals surface area (Å²) in [6, 6.07) is 2.03. The van der Waals surface area contributed by atoms with Crippen LogP contribution in [0.5, 0.6) is 0 Å². The van der Waals surface area contributed by atoms with Crippen LogP contribution >= 0.6 is 0 Å². The second kappa shape index (κ2) is 4.40. The second-order valence-corrected chi connectivity index (χ2v) is 8.22. The fraction of sp³-hybridized carbons (Fsp3) is 0.727. The molecule has 0 aromatic heterocycles. The first-order valence-electron chi connectivity index (χ1n) is 5.45. The van der Waals surface area contributed by atoms with Gasteiger partial charge in [-0.2, -0.15) is 0 Å². The van der Waals surface area contributed by atoms with E-state index in [9.17, 15) is 4.79 Å². The Hall–Kier alpha value is -0.413. The van der Waals surface area contributed by atoms with E-state index in [2.05, 4.69) is 26.8 Å². The van der Waals surface area contributed by atoms with Crippen molar-refractivity contribution < 1.29 is 9.22 Å². The summed E-state index contributed by atoms with van der Waals surface area (Å²) in [6.07, 6.45) is 3.31. The normalized spacial score (nSPS) is 25.7. The number of ketones is 1. The lowest BCUT2D eigenvalue weighted by molar-refractivity contribution is -0.113. The van der Waals surface area contributed by atoms with Gasteiger partial charge < -0.3 is 4.43 Å². The number of hydrogen-bond donors (Lipinski definition) is 0. The highest BCUT2D eigenvalue weighted by molar-refractivity contribution is 6.85. The van der Waals surface area contributed by atoms with Gasteiger partial charge in [-0.25, -0.2) is 0 Å². The maximum Gasteiger partial charge on any atom is 0.227 e. The van der Waals surface area contributed by atoms with Gasteiger partial charge in [-0.3, -0.25) is 4.79 Å². The molecular weight excluding hydrogens is 192 g/mol. The molecule has 80 valence electrons. The number of carbonyl (C=O) groups is 1. The molecule has 1 heterocycles. The highest BCUT2D eigenvalue weighted by atomic mass is 28.4. The highest BCUT2D eigenvalue weighted by Gasteiger charge is 2.41. The summed E-state index contributed by atoms with van der Waals surface area (Å²) >= 11 is 0. The molecule has 0 aromatic rings. The predicted octanol–water partition coefficient (Wildman–Crippen LogP) is 2.84. The average Bonchev–Trinajstić information content (AvgIpc) is 2.16. The van der Waals surface area contributed by atoms with Crippen LogP contribution in [0.15, 0.2) is 11.3 Å². The van der Waals surface area contributed by atoms with E-state index in [-0.39, 0.29) is 5.78 Å². The van der Waals surface area contributed by atoms with E-state index in [4.69, 9.17) is 4.43 Å². The van der Waals surface area contributed by atoms with Gasteiger partial charge in [0.15, 0.2) is 5.78 Å². The Bertz CT molecular complexity index is 254. The van der Waals surface area contributed by atoms with Crippen molar-refractivity contribution in [3.05, 3.63) is 11.3 Å². The predicted molar refractivity (Wildman–Crippen MR) is 60.6 cm³/mol. The van der Waals surface area contributed by atoms with Gasteiger partial charge in [-0.1, -0.05) is 19.9 Å². The summed E-state index contributed by atoms with van der Waals surface area (Å²) in [5.41, 5.74) is 0. The summed E-state index contributed by atoms with van der Waals surface area (Å²) in [4.78, 5) is 11.5. The van der Waals surface area contributed by atoms with Gasteiger partial charge in [0.1, 0.15) is 0 Å². The van der Waals surface area contributed by atoms with Crippen LogP contribution in [-0.2, 0) is 9.22 Å². The molecule has 0 amide bonds. The first-order valence-corrected chi connectivity index (χ1v) is 7.77. The fourth-order valence-corrected chi connectivity index (χ4v) is 5.95. The molecule has 14 heavy (non-hydrogen) atoms. The zero-order chi connectivity index (χ0) is 10.8. The van der Waals surface area contributed by atoms with Crippen molar-refractivity contribution in [1.29, 1.82) is 0 Å². The number of Topliss-reactive ketones (excluding diaryl/α,β-unsaturated/α-hetero) is 1. The summed E-state index contributed by atoms with van der Waals surface area (Å²) in [5.74, 6) is 0.215. The first kappa shape index (κ1) is 11.7. The van der Waals surface area contributed by atoms with Crippen LogP contribution in [0.25, 0.3) is 0 Å². The molecule has 0 aliphatic carbocycles. The van der Waals surface area contributed by atoms with E-state index in [0.29, 0.717) is 6.10 Å². The van der Waals surface area contributed by atoms with Crippen LogP contribution in [0.4, 0.5) is 0 Å². The van der Waals surface area contributed by atoms with E-state index >= 15 is 0 Å². The minimum Gasteiger partial charge on any atom is -0.409 e. The highest BCUT2D eigenvalue weighted by Crippen LogP contribution is 2.32. The Kier molecular flexibility index (Phi) is 3.67. The number of carbonyl (C=O) groups excluding carboxylic acids is 1. The molecule has 1 aliphatic rings. The van der Waals surface area contributed by atoms with E-state index in [1.54, 1.807) is 6.92 Å². The number of allylic oxidation sites excluding steroid dienone is 1. The molecule has 1 atom stereocenters. The molecule has 0 fully saturated rings. The minimum absolute atomic E-state index is 0.215. The van der Waals surface area contributed by atoms with Gasteiger partial charge in [-0.15, -0.1) is 0 Å². The van der Waals surface area contributed by atoms with Crippen molar-refractivity contribution in [2.24, 2.45) is 0 Å². The Morgan fingerprint density at radius 1 is 1.57 bits per heavy atom. The Morgan fingerprint density at radius 3 is 2.57 bits per heavy atom. The first-order chi connectivity index (χ1) is 6.55. The molecule has 0 saturated carbocycles. The largest absolute Gasteiger partial charge is 0.409 e. The topological polar surface area (TPSA) is 26.3 Å².